The standard InChI is InChI=1S/C12H17F3N2/c1-2-3-10(16)8-17-11-6-4-9(5-7-11)12(13,14)15/h4-7,10,17H,2-3,8,16H2,1H3. The molecule has 0 bridgehead atoms. The first-order chi connectivity index (χ1) is 7.93. The Kier molecular flexibility index (Phi) is 4.81. The van der Waals surface area contributed by atoms with Gasteiger partial charge in [-0.3, -0.25) is 0 Å². The molecule has 0 heterocycles. The largest absolute Gasteiger partial charge is 0.416 e. The van der Waals surface area contributed by atoms with Gasteiger partial charge in [0, 0.05) is 18.3 Å². The highest BCUT2D eigenvalue weighted by molar-refractivity contribution is 5.45. The maximum atomic E-state index is 12.3. The summed E-state index contributed by atoms with van der Waals surface area (Å²) in [7, 11) is 0. The molecule has 1 atom stereocenters. The lowest BCUT2D eigenvalue weighted by molar-refractivity contribution is -0.137. The SMILES string of the molecule is CCCC(N)CNc1ccc(C(F)(F)F)cc1. The van der Waals surface area contributed by atoms with Gasteiger partial charge in [0.1, 0.15) is 0 Å². The summed E-state index contributed by atoms with van der Waals surface area (Å²) < 4.78 is 36.9. The Labute approximate surface area is 99.0 Å². The fourth-order valence-corrected chi connectivity index (χ4v) is 1.50. The van der Waals surface area contributed by atoms with E-state index in [0.717, 1.165) is 25.0 Å². The van der Waals surface area contributed by atoms with E-state index in [2.05, 4.69) is 5.32 Å². The molecule has 0 saturated heterocycles. The summed E-state index contributed by atoms with van der Waals surface area (Å²) in [6.07, 6.45) is -2.39. The van der Waals surface area contributed by atoms with E-state index in [0.29, 0.717) is 12.2 Å². The second kappa shape index (κ2) is 5.91. The number of hydrogen-bond donors (Lipinski definition) is 2. The van der Waals surface area contributed by atoms with Crippen LogP contribution in [-0.4, -0.2) is 12.6 Å². The number of rotatable bonds is 5. The summed E-state index contributed by atoms with van der Waals surface area (Å²) >= 11 is 0. The van der Waals surface area contributed by atoms with Crippen molar-refractivity contribution in [3.05, 3.63) is 29.8 Å². The van der Waals surface area contributed by atoms with Crippen LogP contribution in [0.3, 0.4) is 0 Å². The molecule has 0 fully saturated rings. The van der Waals surface area contributed by atoms with Crippen molar-refractivity contribution in [3.8, 4) is 0 Å². The molecule has 3 N–H and O–H groups in total. The first-order valence-electron chi connectivity index (χ1n) is 5.60. The van der Waals surface area contributed by atoms with Crippen LogP contribution in [0.1, 0.15) is 25.3 Å². The van der Waals surface area contributed by atoms with Gasteiger partial charge in [-0.05, 0) is 30.7 Å². The van der Waals surface area contributed by atoms with Crippen molar-refractivity contribution in [1.29, 1.82) is 0 Å². The lowest BCUT2D eigenvalue weighted by Crippen LogP contribution is -2.28. The van der Waals surface area contributed by atoms with Crippen molar-refractivity contribution in [2.24, 2.45) is 5.73 Å². The highest BCUT2D eigenvalue weighted by Gasteiger charge is 2.29. The third-order valence-corrected chi connectivity index (χ3v) is 2.44. The molecule has 0 saturated carbocycles. The molecule has 1 aromatic rings. The Balaban J connectivity index is 2.51. The van der Waals surface area contributed by atoms with E-state index < -0.39 is 11.7 Å². The molecule has 1 rings (SSSR count). The van der Waals surface area contributed by atoms with E-state index in [-0.39, 0.29) is 6.04 Å². The van der Waals surface area contributed by atoms with E-state index in [1.165, 1.54) is 12.1 Å². The number of anilines is 1. The van der Waals surface area contributed by atoms with Gasteiger partial charge in [-0.2, -0.15) is 13.2 Å². The average Bonchev–Trinajstić information content (AvgIpc) is 2.26. The Morgan fingerprint density at radius 1 is 1.24 bits per heavy atom. The second-order valence-corrected chi connectivity index (χ2v) is 4.00. The van der Waals surface area contributed by atoms with Gasteiger partial charge in [0.15, 0.2) is 0 Å². The molecule has 0 aliphatic heterocycles. The van der Waals surface area contributed by atoms with Gasteiger partial charge in [-0.15, -0.1) is 0 Å². The lowest BCUT2D eigenvalue weighted by atomic mass is 10.1. The van der Waals surface area contributed by atoms with Crippen LogP contribution in [0.15, 0.2) is 24.3 Å². The second-order valence-electron chi connectivity index (χ2n) is 4.00. The summed E-state index contributed by atoms with van der Waals surface area (Å²) in [6.45, 7) is 2.61. The molecule has 1 unspecified atom stereocenters. The van der Waals surface area contributed by atoms with Crippen molar-refractivity contribution < 1.29 is 13.2 Å². The molecule has 17 heavy (non-hydrogen) atoms. The Hall–Kier alpha value is -1.23. The van der Waals surface area contributed by atoms with Gasteiger partial charge in [-0.1, -0.05) is 13.3 Å². The minimum Gasteiger partial charge on any atom is -0.383 e. The first-order valence-corrected chi connectivity index (χ1v) is 5.60. The van der Waals surface area contributed by atoms with E-state index in [9.17, 15) is 13.2 Å². The van der Waals surface area contributed by atoms with Crippen LogP contribution in [0.4, 0.5) is 18.9 Å². The highest BCUT2D eigenvalue weighted by atomic mass is 19.4. The van der Waals surface area contributed by atoms with E-state index in [1.54, 1.807) is 0 Å². The molecular formula is C12H17F3N2. The third kappa shape index (κ3) is 4.65. The van der Waals surface area contributed by atoms with Gasteiger partial charge in [0.2, 0.25) is 0 Å². The molecule has 1 aromatic carbocycles. The van der Waals surface area contributed by atoms with Crippen molar-refractivity contribution in [2.45, 2.75) is 32.0 Å². The topological polar surface area (TPSA) is 38.0 Å². The zero-order valence-electron chi connectivity index (χ0n) is 9.72. The normalized spacial score (nSPS) is 13.5. The lowest BCUT2D eigenvalue weighted by Gasteiger charge is -2.13. The minimum atomic E-state index is -4.28. The van der Waals surface area contributed by atoms with E-state index in [4.69, 9.17) is 5.73 Å². The summed E-state index contributed by atoms with van der Waals surface area (Å²) in [5, 5.41) is 3.02. The predicted molar refractivity (Wildman–Crippen MR) is 62.8 cm³/mol. The molecule has 0 aromatic heterocycles. The van der Waals surface area contributed by atoms with Crippen molar-refractivity contribution in [2.75, 3.05) is 11.9 Å². The molecule has 0 aliphatic rings. The van der Waals surface area contributed by atoms with Gasteiger partial charge in [0.05, 0.1) is 5.56 Å². The molecule has 0 spiro atoms. The number of alkyl halides is 3. The van der Waals surface area contributed by atoms with Crippen molar-refractivity contribution in [3.63, 3.8) is 0 Å². The van der Waals surface area contributed by atoms with Crippen LogP contribution in [0.2, 0.25) is 0 Å². The number of nitrogens with two attached hydrogens (primary N) is 1. The number of benzene rings is 1. The smallest absolute Gasteiger partial charge is 0.383 e. The monoisotopic (exact) mass is 246 g/mol. The average molecular weight is 246 g/mol. The number of nitrogens with one attached hydrogen (secondary N) is 1. The highest BCUT2D eigenvalue weighted by Crippen LogP contribution is 2.29. The summed E-state index contributed by atoms with van der Waals surface area (Å²) in [6, 6.07) is 4.99. The summed E-state index contributed by atoms with van der Waals surface area (Å²) in [4.78, 5) is 0. The zero-order chi connectivity index (χ0) is 12.9. The minimum absolute atomic E-state index is 0.0299. The van der Waals surface area contributed by atoms with Crippen molar-refractivity contribution in [1.82, 2.24) is 0 Å². The summed E-state index contributed by atoms with van der Waals surface area (Å²) in [5.74, 6) is 0. The third-order valence-electron chi connectivity index (χ3n) is 2.44. The molecular weight excluding hydrogens is 229 g/mol. The maximum absolute atomic E-state index is 12.3. The molecule has 5 heteroatoms. The molecule has 0 radical (unpaired) electrons. The van der Waals surface area contributed by atoms with Gasteiger partial charge in [0.25, 0.3) is 0 Å². The maximum Gasteiger partial charge on any atom is 0.416 e. The first kappa shape index (κ1) is 13.8. The van der Waals surface area contributed by atoms with E-state index >= 15 is 0 Å². The Morgan fingerprint density at radius 2 is 1.82 bits per heavy atom. The van der Waals surface area contributed by atoms with Crippen LogP contribution in [-0.2, 0) is 6.18 Å². The van der Waals surface area contributed by atoms with Crippen LogP contribution < -0.4 is 11.1 Å². The Bertz CT molecular complexity index is 333. The molecule has 0 aliphatic carbocycles. The van der Waals surface area contributed by atoms with Crippen molar-refractivity contribution >= 4 is 5.69 Å². The van der Waals surface area contributed by atoms with Gasteiger partial charge in [-0.25, -0.2) is 0 Å². The van der Waals surface area contributed by atoms with Crippen LogP contribution in [0.5, 0.6) is 0 Å². The number of hydrogen-bond acceptors (Lipinski definition) is 2. The van der Waals surface area contributed by atoms with E-state index in [1.807, 2.05) is 6.92 Å². The van der Waals surface area contributed by atoms with Gasteiger partial charge < -0.3 is 11.1 Å². The van der Waals surface area contributed by atoms with Crippen LogP contribution >= 0.6 is 0 Å². The predicted octanol–water partition coefficient (Wildman–Crippen LogP) is 3.24. The fraction of sp³-hybridized carbons (Fsp3) is 0.500. The van der Waals surface area contributed by atoms with Crippen LogP contribution in [0.25, 0.3) is 0 Å². The number of halogens is 3. The molecule has 96 valence electrons. The van der Waals surface area contributed by atoms with Gasteiger partial charge >= 0.3 is 6.18 Å². The Morgan fingerprint density at radius 3 is 2.29 bits per heavy atom. The molecule has 0 amide bonds. The molecule has 2 nitrogen and oxygen atoms in total. The quantitative estimate of drug-likeness (QED) is 0.837. The fourth-order valence-electron chi connectivity index (χ4n) is 1.50. The van der Waals surface area contributed by atoms with Crippen LogP contribution in [0, 0.1) is 0 Å². The summed E-state index contributed by atoms with van der Waals surface area (Å²) in [5.41, 5.74) is 5.81. The zero-order valence-corrected chi connectivity index (χ0v) is 9.72.